The number of hydrogen-bond acceptors (Lipinski definition) is 2. The Kier molecular flexibility index (Phi) is 7.52. The van der Waals surface area contributed by atoms with Gasteiger partial charge in [0.2, 0.25) is 0 Å². The van der Waals surface area contributed by atoms with E-state index in [2.05, 4.69) is 156 Å². The lowest BCUT2D eigenvalue weighted by Gasteiger charge is -2.33. The topological polar surface area (TPSA) is 6.48 Å². The van der Waals surface area contributed by atoms with Crippen molar-refractivity contribution in [3.05, 3.63) is 157 Å². The van der Waals surface area contributed by atoms with E-state index < -0.39 is 0 Å². The van der Waals surface area contributed by atoms with E-state index in [1.165, 1.54) is 38.6 Å². The van der Waals surface area contributed by atoms with Crippen LogP contribution in [0.4, 0.5) is 22.7 Å². The Morgan fingerprint density at radius 3 is 1.68 bits per heavy atom. The molecule has 0 saturated heterocycles. The second-order valence-corrected chi connectivity index (χ2v) is 10.1. The van der Waals surface area contributed by atoms with Crippen LogP contribution in [0, 0.1) is 12.3 Å². The fraction of sp³-hybridized carbons (Fsp3) is 0.0769. The van der Waals surface area contributed by atoms with Gasteiger partial charge in [-0.05, 0) is 62.3 Å². The molecule has 0 aromatic heterocycles. The Balaban J connectivity index is 1.72. The number of nitrogens with zero attached hydrogens (tertiary/aromatic N) is 2. The van der Waals surface area contributed by atoms with Crippen LogP contribution in [0.5, 0.6) is 0 Å². The minimum absolute atomic E-state index is 1.01. The molecule has 2 heteroatoms. The van der Waals surface area contributed by atoms with Crippen LogP contribution in [-0.2, 0) is 0 Å². The van der Waals surface area contributed by atoms with Gasteiger partial charge in [0.05, 0.1) is 11.4 Å². The molecule has 0 heterocycles. The Hall–Kier alpha value is -5.26. The summed E-state index contributed by atoms with van der Waals surface area (Å²) in [6.07, 6.45) is 20.2. The summed E-state index contributed by atoms with van der Waals surface area (Å²) in [5.74, 6) is 2.61. The van der Waals surface area contributed by atoms with E-state index in [1.54, 1.807) is 6.08 Å². The quantitative estimate of drug-likeness (QED) is 0.0897. The molecular formula is C39H32N2. The first-order chi connectivity index (χ1) is 20.3. The number of rotatable bonds is 7. The van der Waals surface area contributed by atoms with Crippen molar-refractivity contribution in [1.29, 1.82) is 0 Å². The van der Waals surface area contributed by atoms with E-state index in [-0.39, 0.29) is 0 Å². The Morgan fingerprint density at radius 2 is 1.20 bits per heavy atom. The summed E-state index contributed by atoms with van der Waals surface area (Å²) >= 11 is 0. The number of fused-ring (bicyclic) bond motifs is 2. The Bertz CT molecular complexity index is 1750. The van der Waals surface area contributed by atoms with Crippen molar-refractivity contribution in [3.8, 4) is 12.3 Å². The molecule has 1 aliphatic carbocycles. The molecule has 6 rings (SSSR count). The third kappa shape index (κ3) is 5.07. The largest absolute Gasteiger partial charge is 0.314 e. The molecule has 5 aromatic rings. The third-order valence-corrected chi connectivity index (χ3v) is 7.47. The molecule has 0 N–H and O–H groups in total. The molecule has 198 valence electrons. The number of benzene rings is 5. The summed E-state index contributed by atoms with van der Waals surface area (Å²) in [5.41, 5.74) is 6.84. The van der Waals surface area contributed by atoms with Crippen LogP contribution in [0.1, 0.15) is 19.8 Å². The van der Waals surface area contributed by atoms with Crippen LogP contribution in [-0.4, -0.2) is 0 Å². The molecule has 0 fully saturated rings. The summed E-state index contributed by atoms with van der Waals surface area (Å²) in [6.45, 7) is 2.15. The van der Waals surface area contributed by atoms with Crippen LogP contribution in [0.15, 0.2) is 157 Å². The van der Waals surface area contributed by atoms with Gasteiger partial charge in [-0.2, -0.15) is 0 Å². The molecule has 0 unspecified atom stereocenters. The maximum atomic E-state index is 5.53. The lowest BCUT2D eigenvalue weighted by molar-refractivity contribution is 0.982. The van der Waals surface area contributed by atoms with Crippen LogP contribution in [0.2, 0.25) is 0 Å². The molecule has 0 bridgehead atoms. The van der Waals surface area contributed by atoms with Crippen LogP contribution < -0.4 is 9.80 Å². The summed E-state index contributed by atoms with van der Waals surface area (Å²) in [4.78, 5) is 4.78. The molecule has 5 aromatic carbocycles. The smallest absolute Gasteiger partial charge is 0.0619 e. The normalized spacial score (nSPS) is 13.4. The summed E-state index contributed by atoms with van der Waals surface area (Å²) < 4.78 is 0. The van der Waals surface area contributed by atoms with E-state index in [1.807, 2.05) is 6.08 Å². The molecule has 0 spiro atoms. The Morgan fingerprint density at radius 1 is 0.683 bits per heavy atom. The molecule has 0 saturated carbocycles. The van der Waals surface area contributed by atoms with Crippen molar-refractivity contribution in [2.24, 2.45) is 0 Å². The van der Waals surface area contributed by atoms with Gasteiger partial charge in [-0.15, -0.1) is 6.42 Å². The fourth-order valence-electron chi connectivity index (χ4n) is 5.72. The zero-order chi connectivity index (χ0) is 28.0. The monoisotopic (exact) mass is 528 g/mol. The summed E-state index contributed by atoms with van der Waals surface area (Å²) in [7, 11) is 0. The van der Waals surface area contributed by atoms with Gasteiger partial charge in [0.15, 0.2) is 0 Å². The van der Waals surface area contributed by atoms with Crippen molar-refractivity contribution < 1.29 is 0 Å². The maximum absolute atomic E-state index is 5.53. The average Bonchev–Trinajstić information content (AvgIpc) is 3.04. The summed E-state index contributed by atoms with van der Waals surface area (Å²) in [6, 6.07) is 38.8. The minimum Gasteiger partial charge on any atom is -0.314 e. The highest BCUT2D eigenvalue weighted by molar-refractivity contribution is 6.22. The lowest BCUT2D eigenvalue weighted by Crippen LogP contribution is -2.21. The summed E-state index contributed by atoms with van der Waals surface area (Å²) in [5, 5.41) is 4.75. The van der Waals surface area contributed by atoms with E-state index in [4.69, 9.17) is 6.42 Å². The van der Waals surface area contributed by atoms with Crippen molar-refractivity contribution >= 4 is 44.3 Å². The van der Waals surface area contributed by atoms with Crippen molar-refractivity contribution in [2.75, 3.05) is 9.80 Å². The predicted octanol–water partition coefficient (Wildman–Crippen LogP) is 10.6. The van der Waals surface area contributed by atoms with Crippen molar-refractivity contribution in [2.45, 2.75) is 19.8 Å². The molecule has 41 heavy (non-hydrogen) atoms. The molecule has 2 nitrogen and oxygen atoms in total. The van der Waals surface area contributed by atoms with Gasteiger partial charge in [0, 0.05) is 44.3 Å². The third-order valence-electron chi connectivity index (χ3n) is 7.47. The van der Waals surface area contributed by atoms with Gasteiger partial charge in [-0.1, -0.05) is 109 Å². The highest BCUT2D eigenvalue weighted by Crippen LogP contribution is 2.49. The zero-order valence-corrected chi connectivity index (χ0v) is 23.2. The maximum Gasteiger partial charge on any atom is 0.0619 e. The number of allylic oxidation sites excluding steroid dienone is 7. The number of para-hydroxylation sites is 2. The van der Waals surface area contributed by atoms with Gasteiger partial charge in [-0.3, -0.25) is 0 Å². The standard InChI is InChI=1S/C39H32N2/c1-3-4-8-19-30(2)40(31-20-9-5-10-21-31)38-34-26-15-17-28-36(34)39(37-29-18-16-27-35(37)38)41(32-22-11-6-12-23-32)33-24-13-7-14-25-33/h1,4,6-9,11-29H,5,10H2,2H3/b8-4-,30-19+. The molecule has 0 atom stereocenters. The second-order valence-electron chi connectivity index (χ2n) is 10.1. The first-order valence-corrected chi connectivity index (χ1v) is 14.1. The highest BCUT2D eigenvalue weighted by Gasteiger charge is 2.25. The van der Waals surface area contributed by atoms with Gasteiger partial charge in [0.1, 0.15) is 0 Å². The van der Waals surface area contributed by atoms with Crippen LogP contribution in [0.3, 0.4) is 0 Å². The van der Waals surface area contributed by atoms with E-state index in [0.717, 1.165) is 29.9 Å². The predicted molar refractivity (Wildman–Crippen MR) is 177 cm³/mol. The fourth-order valence-corrected chi connectivity index (χ4v) is 5.72. The number of hydrogen-bond donors (Lipinski definition) is 0. The van der Waals surface area contributed by atoms with Crippen molar-refractivity contribution in [1.82, 2.24) is 0 Å². The van der Waals surface area contributed by atoms with E-state index in [0.29, 0.717) is 0 Å². The molecule has 1 aliphatic rings. The SMILES string of the molecule is C#C/C=C\C=C(/C)N(C1=CCCC=C1)c1c2ccccc2c(N(c2ccccc2)c2ccccc2)c2ccccc12. The van der Waals surface area contributed by atoms with E-state index >= 15 is 0 Å². The zero-order valence-electron chi connectivity index (χ0n) is 23.2. The lowest BCUT2D eigenvalue weighted by atomic mass is 9.95. The van der Waals surface area contributed by atoms with Crippen LogP contribution in [0.25, 0.3) is 21.5 Å². The number of anilines is 4. The molecular weight excluding hydrogens is 496 g/mol. The Labute approximate surface area is 242 Å². The molecule has 0 amide bonds. The second kappa shape index (κ2) is 11.9. The van der Waals surface area contributed by atoms with Crippen molar-refractivity contribution in [3.63, 3.8) is 0 Å². The minimum atomic E-state index is 1.01. The first-order valence-electron chi connectivity index (χ1n) is 14.1. The number of terminal acetylenes is 1. The first kappa shape index (κ1) is 26.0. The average molecular weight is 529 g/mol. The van der Waals surface area contributed by atoms with Gasteiger partial charge in [-0.25, -0.2) is 0 Å². The van der Waals surface area contributed by atoms with E-state index in [9.17, 15) is 0 Å². The van der Waals surface area contributed by atoms with Gasteiger partial charge in [0.25, 0.3) is 0 Å². The van der Waals surface area contributed by atoms with Crippen LogP contribution >= 0.6 is 0 Å². The van der Waals surface area contributed by atoms with Gasteiger partial charge >= 0.3 is 0 Å². The highest BCUT2D eigenvalue weighted by atomic mass is 15.2. The molecule has 0 radical (unpaired) electrons. The molecule has 0 aliphatic heterocycles. The van der Waals surface area contributed by atoms with Gasteiger partial charge < -0.3 is 9.80 Å².